The second-order valence-corrected chi connectivity index (χ2v) is 3.99. The average molecular weight is 276 g/mol. The third-order valence-corrected chi connectivity index (χ3v) is 2.61. The summed E-state index contributed by atoms with van der Waals surface area (Å²) in [6, 6.07) is 4.18. The van der Waals surface area contributed by atoms with E-state index < -0.39 is 17.8 Å². The fraction of sp³-hybridized carbons (Fsp3) is 0. The van der Waals surface area contributed by atoms with E-state index in [4.69, 9.17) is 15.9 Å². The molecule has 4 N–H and O–H groups in total. The molecule has 1 heterocycles. The van der Waals surface area contributed by atoms with Crippen molar-refractivity contribution in [3.05, 3.63) is 47.4 Å². The zero-order valence-corrected chi connectivity index (χ0v) is 10.0. The number of rotatable bonds is 3. The van der Waals surface area contributed by atoms with Gasteiger partial charge in [-0.25, -0.2) is 19.0 Å². The van der Waals surface area contributed by atoms with Gasteiger partial charge >= 0.3 is 11.9 Å². The number of aromatic carboxylic acids is 2. The van der Waals surface area contributed by atoms with Crippen LogP contribution in [0.15, 0.2) is 30.5 Å². The molecule has 2 aromatic rings. The van der Waals surface area contributed by atoms with Crippen LogP contribution in [-0.2, 0) is 0 Å². The van der Waals surface area contributed by atoms with Gasteiger partial charge in [0.15, 0.2) is 0 Å². The van der Waals surface area contributed by atoms with Crippen molar-refractivity contribution in [3.63, 3.8) is 0 Å². The fourth-order valence-electron chi connectivity index (χ4n) is 1.75. The summed E-state index contributed by atoms with van der Waals surface area (Å²) in [5.74, 6) is -3.37. The van der Waals surface area contributed by atoms with Crippen LogP contribution in [0.3, 0.4) is 0 Å². The van der Waals surface area contributed by atoms with Gasteiger partial charge in [-0.2, -0.15) is 0 Å². The number of carboxylic acids is 2. The molecule has 0 fully saturated rings. The summed E-state index contributed by atoms with van der Waals surface area (Å²) in [5, 5.41) is 18.0. The molecule has 0 spiro atoms. The summed E-state index contributed by atoms with van der Waals surface area (Å²) in [7, 11) is 0. The number of benzene rings is 1. The van der Waals surface area contributed by atoms with Gasteiger partial charge < -0.3 is 15.9 Å². The number of hydrogen-bond acceptors (Lipinski definition) is 4. The first-order valence-corrected chi connectivity index (χ1v) is 5.41. The average Bonchev–Trinajstić information content (AvgIpc) is 2.37. The number of halogens is 1. The van der Waals surface area contributed by atoms with E-state index in [9.17, 15) is 14.0 Å². The molecule has 0 radical (unpaired) electrons. The van der Waals surface area contributed by atoms with Gasteiger partial charge in [0.05, 0.1) is 11.1 Å². The van der Waals surface area contributed by atoms with Crippen LogP contribution in [0.5, 0.6) is 0 Å². The predicted octanol–water partition coefficient (Wildman–Crippen LogP) is 1.87. The van der Waals surface area contributed by atoms with Crippen molar-refractivity contribution >= 4 is 17.8 Å². The van der Waals surface area contributed by atoms with E-state index in [1.54, 1.807) is 0 Å². The minimum absolute atomic E-state index is 0.000936. The van der Waals surface area contributed by atoms with E-state index in [0.29, 0.717) is 0 Å². The van der Waals surface area contributed by atoms with E-state index in [2.05, 4.69) is 4.98 Å². The Morgan fingerprint density at radius 2 is 1.80 bits per heavy atom. The molecule has 0 bridgehead atoms. The van der Waals surface area contributed by atoms with Crippen molar-refractivity contribution in [2.24, 2.45) is 0 Å². The Balaban J connectivity index is 2.68. The SMILES string of the molecule is Nc1cc(C(=O)O)c(-c2cc(F)cc(C(=O)O)c2)cn1. The molecule has 0 saturated carbocycles. The molecule has 0 aliphatic carbocycles. The lowest BCUT2D eigenvalue weighted by atomic mass is 9.99. The summed E-state index contributed by atoms with van der Waals surface area (Å²) in [6.07, 6.45) is 1.17. The maximum Gasteiger partial charge on any atom is 0.336 e. The van der Waals surface area contributed by atoms with Gasteiger partial charge in [0.25, 0.3) is 0 Å². The molecule has 102 valence electrons. The van der Waals surface area contributed by atoms with E-state index in [1.807, 2.05) is 0 Å². The van der Waals surface area contributed by atoms with Crippen LogP contribution in [0.1, 0.15) is 20.7 Å². The molecule has 1 aromatic carbocycles. The third kappa shape index (κ3) is 2.56. The van der Waals surface area contributed by atoms with Gasteiger partial charge in [-0.1, -0.05) is 0 Å². The number of pyridine rings is 1. The Kier molecular flexibility index (Phi) is 3.34. The lowest BCUT2D eigenvalue weighted by molar-refractivity contribution is 0.0687. The quantitative estimate of drug-likeness (QED) is 0.788. The molecule has 7 heteroatoms. The molecule has 20 heavy (non-hydrogen) atoms. The number of nitrogens with two attached hydrogens (primary N) is 1. The van der Waals surface area contributed by atoms with Crippen LogP contribution in [0.25, 0.3) is 11.1 Å². The van der Waals surface area contributed by atoms with E-state index in [-0.39, 0.29) is 28.1 Å². The first kappa shape index (κ1) is 13.5. The summed E-state index contributed by atoms with van der Waals surface area (Å²) < 4.78 is 13.4. The second-order valence-electron chi connectivity index (χ2n) is 3.99. The van der Waals surface area contributed by atoms with Crippen LogP contribution in [0.2, 0.25) is 0 Å². The van der Waals surface area contributed by atoms with Crippen LogP contribution in [0.4, 0.5) is 10.2 Å². The third-order valence-electron chi connectivity index (χ3n) is 2.61. The Hall–Kier alpha value is -2.96. The molecular weight excluding hydrogens is 267 g/mol. The molecular formula is C13H9FN2O4. The lowest BCUT2D eigenvalue weighted by Crippen LogP contribution is -2.04. The van der Waals surface area contributed by atoms with Gasteiger partial charge in [-0.15, -0.1) is 0 Å². The van der Waals surface area contributed by atoms with Gasteiger partial charge in [-0.05, 0) is 29.8 Å². The number of carbonyl (C=O) groups is 2. The van der Waals surface area contributed by atoms with Crippen molar-refractivity contribution < 1.29 is 24.2 Å². The molecule has 0 unspecified atom stereocenters. The smallest absolute Gasteiger partial charge is 0.336 e. The normalized spacial score (nSPS) is 10.2. The number of nitrogens with zero attached hydrogens (tertiary/aromatic N) is 1. The van der Waals surface area contributed by atoms with E-state index in [1.165, 1.54) is 12.3 Å². The molecule has 6 nitrogen and oxygen atoms in total. The molecule has 0 atom stereocenters. The van der Waals surface area contributed by atoms with E-state index in [0.717, 1.165) is 18.2 Å². The number of aromatic nitrogens is 1. The largest absolute Gasteiger partial charge is 0.478 e. The van der Waals surface area contributed by atoms with Crippen molar-refractivity contribution in [1.29, 1.82) is 0 Å². The zero-order valence-electron chi connectivity index (χ0n) is 10.0. The molecule has 0 aliphatic heterocycles. The standard InChI is InChI=1S/C13H9FN2O4/c14-8-2-6(1-7(3-8)12(17)18)10-5-16-11(15)4-9(10)13(19)20/h1-5H,(H2,15,16)(H,17,18)(H,19,20). The first-order valence-electron chi connectivity index (χ1n) is 5.41. The summed E-state index contributed by atoms with van der Waals surface area (Å²) >= 11 is 0. The highest BCUT2D eigenvalue weighted by Gasteiger charge is 2.16. The number of carboxylic acid groups (broad SMARTS) is 2. The molecule has 0 amide bonds. The highest BCUT2D eigenvalue weighted by molar-refractivity contribution is 5.97. The van der Waals surface area contributed by atoms with Crippen LogP contribution >= 0.6 is 0 Å². The van der Waals surface area contributed by atoms with Gasteiger partial charge in [0.1, 0.15) is 11.6 Å². The number of hydrogen-bond donors (Lipinski definition) is 3. The maximum atomic E-state index is 13.4. The Labute approximate surface area is 112 Å². The van der Waals surface area contributed by atoms with Crippen LogP contribution in [-0.4, -0.2) is 27.1 Å². The molecule has 2 rings (SSSR count). The monoisotopic (exact) mass is 276 g/mol. The predicted molar refractivity (Wildman–Crippen MR) is 68.0 cm³/mol. The van der Waals surface area contributed by atoms with Gasteiger partial charge in [0.2, 0.25) is 0 Å². The first-order chi connectivity index (χ1) is 9.38. The Bertz CT molecular complexity index is 716. The molecule has 0 aliphatic rings. The molecule has 1 aromatic heterocycles. The Morgan fingerprint density at radius 3 is 2.40 bits per heavy atom. The second kappa shape index (κ2) is 4.96. The fourth-order valence-corrected chi connectivity index (χ4v) is 1.75. The maximum absolute atomic E-state index is 13.4. The summed E-state index contributed by atoms with van der Waals surface area (Å²) in [6.45, 7) is 0. The number of nitrogen functional groups attached to an aromatic ring is 1. The molecule has 0 saturated heterocycles. The van der Waals surface area contributed by atoms with Crippen molar-refractivity contribution in [2.45, 2.75) is 0 Å². The Morgan fingerprint density at radius 1 is 1.10 bits per heavy atom. The van der Waals surface area contributed by atoms with Crippen molar-refractivity contribution in [3.8, 4) is 11.1 Å². The lowest BCUT2D eigenvalue weighted by Gasteiger charge is -2.08. The van der Waals surface area contributed by atoms with E-state index >= 15 is 0 Å². The topological polar surface area (TPSA) is 114 Å². The highest BCUT2D eigenvalue weighted by atomic mass is 19.1. The van der Waals surface area contributed by atoms with Crippen LogP contribution < -0.4 is 5.73 Å². The van der Waals surface area contributed by atoms with Crippen LogP contribution in [0, 0.1) is 5.82 Å². The summed E-state index contributed by atoms with van der Waals surface area (Å²) in [4.78, 5) is 25.8. The minimum Gasteiger partial charge on any atom is -0.478 e. The van der Waals surface area contributed by atoms with Crippen molar-refractivity contribution in [2.75, 3.05) is 5.73 Å². The summed E-state index contributed by atoms with van der Waals surface area (Å²) in [5.41, 5.74) is 5.14. The van der Waals surface area contributed by atoms with Gasteiger partial charge in [0, 0.05) is 11.8 Å². The van der Waals surface area contributed by atoms with Crippen molar-refractivity contribution in [1.82, 2.24) is 4.98 Å². The highest BCUT2D eigenvalue weighted by Crippen LogP contribution is 2.26. The zero-order chi connectivity index (χ0) is 14.9. The van der Waals surface area contributed by atoms with Gasteiger partial charge in [-0.3, -0.25) is 0 Å². The number of anilines is 1. The minimum atomic E-state index is -1.31.